The number of rotatable bonds is 7. The number of pyridine rings is 1. The Bertz CT molecular complexity index is 885. The molecule has 3 rings (SSSR count). The van der Waals surface area contributed by atoms with Crippen molar-refractivity contribution < 1.29 is 14.0 Å². The number of anilines is 2. The van der Waals surface area contributed by atoms with Crippen molar-refractivity contribution >= 4 is 34.9 Å². The molecule has 0 bridgehead atoms. The normalized spacial score (nSPS) is 15.3. The van der Waals surface area contributed by atoms with E-state index in [0.29, 0.717) is 28.9 Å². The van der Waals surface area contributed by atoms with E-state index >= 15 is 0 Å². The summed E-state index contributed by atoms with van der Waals surface area (Å²) >= 11 is 5.85. The maximum atomic E-state index is 13.7. The first-order chi connectivity index (χ1) is 14.5. The van der Waals surface area contributed by atoms with E-state index in [-0.39, 0.29) is 11.5 Å². The van der Waals surface area contributed by atoms with Crippen LogP contribution in [0, 0.1) is 11.7 Å². The molecule has 0 aliphatic heterocycles. The summed E-state index contributed by atoms with van der Waals surface area (Å²) in [6.07, 6.45) is 7.47. The Balaban J connectivity index is 1.77. The van der Waals surface area contributed by atoms with E-state index in [1.807, 2.05) is 0 Å². The lowest BCUT2D eigenvalue weighted by Gasteiger charge is -2.26. The summed E-state index contributed by atoms with van der Waals surface area (Å²) < 4.78 is 13.7. The van der Waals surface area contributed by atoms with Gasteiger partial charge < -0.3 is 16.0 Å². The maximum absolute atomic E-state index is 13.7. The van der Waals surface area contributed by atoms with E-state index in [9.17, 15) is 14.0 Å². The molecule has 1 atom stereocenters. The van der Waals surface area contributed by atoms with Gasteiger partial charge in [0, 0.05) is 18.9 Å². The number of carbonyl (C=O) groups excluding carboxylic acids is 2. The van der Waals surface area contributed by atoms with Crippen molar-refractivity contribution in [2.24, 2.45) is 5.92 Å². The van der Waals surface area contributed by atoms with E-state index in [2.05, 4.69) is 20.9 Å². The zero-order valence-electron chi connectivity index (χ0n) is 16.9. The molecule has 160 valence electrons. The van der Waals surface area contributed by atoms with E-state index in [1.165, 1.54) is 24.8 Å². The second-order valence-corrected chi connectivity index (χ2v) is 7.99. The fraction of sp³-hybridized carbons (Fsp3) is 0.409. The van der Waals surface area contributed by atoms with Crippen molar-refractivity contribution in [2.45, 2.75) is 44.6 Å². The molecule has 1 saturated carbocycles. The Hall–Kier alpha value is -2.67. The Morgan fingerprint density at radius 1 is 1.20 bits per heavy atom. The lowest BCUT2D eigenvalue weighted by atomic mass is 9.84. The quantitative estimate of drug-likeness (QED) is 0.596. The third kappa shape index (κ3) is 5.92. The summed E-state index contributed by atoms with van der Waals surface area (Å²) in [5.74, 6) is -0.666. The summed E-state index contributed by atoms with van der Waals surface area (Å²) in [5, 5.41) is 8.89. The molecule has 1 aliphatic carbocycles. The molecule has 8 heteroatoms. The average Bonchev–Trinajstić information content (AvgIpc) is 2.75. The van der Waals surface area contributed by atoms with Gasteiger partial charge in [0.05, 0.1) is 10.6 Å². The largest absolute Gasteiger partial charge is 0.387 e. The minimum Gasteiger partial charge on any atom is -0.387 e. The van der Waals surface area contributed by atoms with Crippen LogP contribution in [0.2, 0.25) is 5.02 Å². The van der Waals surface area contributed by atoms with Crippen molar-refractivity contribution in [3.8, 4) is 0 Å². The van der Waals surface area contributed by atoms with E-state index in [1.54, 1.807) is 19.2 Å². The van der Waals surface area contributed by atoms with Crippen LogP contribution in [0.4, 0.5) is 15.9 Å². The topological polar surface area (TPSA) is 83.1 Å². The van der Waals surface area contributed by atoms with Crippen molar-refractivity contribution in [2.75, 3.05) is 17.7 Å². The zero-order chi connectivity index (χ0) is 21.5. The van der Waals surface area contributed by atoms with Gasteiger partial charge in [-0.05, 0) is 42.7 Å². The molecule has 1 aromatic carbocycles. The molecule has 1 unspecified atom stereocenters. The molecule has 6 nitrogen and oxygen atoms in total. The molecule has 1 fully saturated rings. The number of hydrogen-bond donors (Lipinski definition) is 3. The molecule has 3 N–H and O–H groups in total. The van der Waals surface area contributed by atoms with Crippen LogP contribution in [-0.2, 0) is 4.79 Å². The number of amides is 2. The molecule has 0 saturated heterocycles. The maximum Gasteiger partial charge on any atom is 0.254 e. The van der Waals surface area contributed by atoms with Crippen LogP contribution >= 0.6 is 11.6 Å². The van der Waals surface area contributed by atoms with Gasteiger partial charge in [-0.3, -0.25) is 9.59 Å². The monoisotopic (exact) mass is 432 g/mol. The molecule has 1 aromatic heterocycles. The Morgan fingerprint density at radius 2 is 1.97 bits per heavy atom. The van der Waals surface area contributed by atoms with Crippen molar-refractivity contribution in [3.63, 3.8) is 0 Å². The third-order valence-corrected chi connectivity index (χ3v) is 5.61. The van der Waals surface area contributed by atoms with Crippen molar-refractivity contribution in [3.05, 3.63) is 52.9 Å². The minimum atomic E-state index is -0.758. The molecule has 2 amide bonds. The lowest BCUT2D eigenvalue weighted by molar-refractivity contribution is -0.118. The highest BCUT2D eigenvalue weighted by molar-refractivity contribution is 6.30. The van der Waals surface area contributed by atoms with Crippen LogP contribution in [0.3, 0.4) is 0 Å². The number of halogens is 2. The van der Waals surface area contributed by atoms with Crippen LogP contribution < -0.4 is 16.0 Å². The van der Waals surface area contributed by atoms with E-state index < -0.39 is 17.8 Å². The molecule has 1 aliphatic rings. The fourth-order valence-electron chi connectivity index (χ4n) is 3.81. The van der Waals surface area contributed by atoms with Gasteiger partial charge >= 0.3 is 0 Å². The number of nitrogens with one attached hydrogen (secondary N) is 3. The standard InChI is InChI=1S/C22H26ClFN4O2/c1-25-18-9-8-16(24)12-17(18)21(29)27-19(11-14-5-3-2-4-6-14)22(30)28-20-10-7-15(23)13-26-20/h7-10,12-14,19,25H,2-6,11H2,1H3,(H,27,29)(H,26,28,30). The highest BCUT2D eigenvalue weighted by Crippen LogP contribution is 2.28. The molecule has 0 radical (unpaired) electrons. The van der Waals surface area contributed by atoms with Crippen LogP contribution in [-0.4, -0.2) is 29.9 Å². The number of benzene rings is 1. The van der Waals surface area contributed by atoms with Crippen LogP contribution in [0.15, 0.2) is 36.5 Å². The summed E-state index contributed by atoms with van der Waals surface area (Å²) in [7, 11) is 1.66. The number of hydrogen-bond acceptors (Lipinski definition) is 4. The molecule has 1 heterocycles. The second kappa shape index (κ2) is 10.4. The second-order valence-electron chi connectivity index (χ2n) is 7.56. The predicted octanol–water partition coefficient (Wildman–Crippen LogP) is 4.62. The zero-order valence-corrected chi connectivity index (χ0v) is 17.6. The summed E-state index contributed by atoms with van der Waals surface area (Å²) in [5.41, 5.74) is 0.647. The Labute approximate surface area is 180 Å². The van der Waals surface area contributed by atoms with Gasteiger partial charge in [0.15, 0.2) is 0 Å². The summed E-state index contributed by atoms with van der Waals surface area (Å²) in [6.45, 7) is 0. The van der Waals surface area contributed by atoms with Gasteiger partial charge in [-0.2, -0.15) is 0 Å². The fourth-order valence-corrected chi connectivity index (χ4v) is 3.92. The smallest absolute Gasteiger partial charge is 0.254 e. The SMILES string of the molecule is CNc1ccc(F)cc1C(=O)NC(CC1CCCCC1)C(=O)Nc1ccc(Cl)cn1. The highest BCUT2D eigenvalue weighted by atomic mass is 35.5. The summed E-state index contributed by atoms with van der Waals surface area (Å²) in [4.78, 5) is 30.0. The van der Waals surface area contributed by atoms with Gasteiger partial charge in [0.1, 0.15) is 17.7 Å². The van der Waals surface area contributed by atoms with Gasteiger partial charge in [-0.1, -0.05) is 43.7 Å². The first-order valence-electron chi connectivity index (χ1n) is 10.2. The third-order valence-electron chi connectivity index (χ3n) is 5.39. The van der Waals surface area contributed by atoms with Crippen LogP contribution in [0.1, 0.15) is 48.9 Å². The first-order valence-corrected chi connectivity index (χ1v) is 10.5. The van der Waals surface area contributed by atoms with E-state index in [4.69, 9.17) is 11.6 Å². The lowest BCUT2D eigenvalue weighted by Crippen LogP contribution is -2.45. The Morgan fingerprint density at radius 3 is 2.63 bits per heavy atom. The van der Waals surface area contributed by atoms with Gasteiger partial charge in [0.2, 0.25) is 5.91 Å². The minimum absolute atomic E-state index is 0.156. The van der Waals surface area contributed by atoms with Crippen molar-refractivity contribution in [1.82, 2.24) is 10.3 Å². The average molecular weight is 433 g/mol. The predicted molar refractivity (Wildman–Crippen MR) is 116 cm³/mol. The van der Waals surface area contributed by atoms with E-state index in [0.717, 1.165) is 31.7 Å². The van der Waals surface area contributed by atoms with Gasteiger partial charge in [-0.15, -0.1) is 0 Å². The molecule has 0 spiro atoms. The molecule has 2 aromatic rings. The summed E-state index contributed by atoms with van der Waals surface area (Å²) in [6, 6.07) is 6.42. The molecular formula is C22H26ClFN4O2. The van der Waals surface area contributed by atoms with Crippen LogP contribution in [0.25, 0.3) is 0 Å². The first kappa shape index (κ1) is 22.0. The number of aromatic nitrogens is 1. The number of carbonyl (C=O) groups is 2. The number of nitrogens with zero attached hydrogens (tertiary/aromatic N) is 1. The van der Waals surface area contributed by atoms with Gasteiger partial charge in [0.25, 0.3) is 5.91 Å². The van der Waals surface area contributed by atoms with Gasteiger partial charge in [-0.25, -0.2) is 9.37 Å². The molecular weight excluding hydrogens is 407 g/mol. The van der Waals surface area contributed by atoms with Crippen molar-refractivity contribution in [1.29, 1.82) is 0 Å². The van der Waals surface area contributed by atoms with Crippen LogP contribution in [0.5, 0.6) is 0 Å². The highest BCUT2D eigenvalue weighted by Gasteiger charge is 2.27. The Kier molecular flexibility index (Phi) is 7.63. The molecule has 30 heavy (non-hydrogen) atoms.